The highest BCUT2D eigenvalue weighted by atomic mass is 16.1. The highest BCUT2D eigenvalue weighted by Crippen LogP contribution is 2.15. The molecule has 0 aliphatic rings. The van der Waals surface area contributed by atoms with Crippen LogP contribution in [-0.4, -0.2) is 22.0 Å². The van der Waals surface area contributed by atoms with Gasteiger partial charge in [0.1, 0.15) is 5.82 Å². The molecule has 1 amide bonds. The highest BCUT2D eigenvalue weighted by Gasteiger charge is 2.06. The molecule has 0 unspecified atom stereocenters. The molecule has 1 heterocycles. The topological polar surface area (TPSA) is 46.9 Å². The van der Waals surface area contributed by atoms with Gasteiger partial charge in [-0.1, -0.05) is 42.5 Å². The van der Waals surface area contributed by atoms with Crippen molar-refractivity contribution < 1.29 is 4.79 Å². The van der Waals surface area contributed by atoms with Gasteiger partial charge in [-0.15, -0.1) is 0 Å². The number of amides is 1. The molecule has 0 aliphatic heterocycles. The molecule has 0 aliphatic carbocycles. The summed E-state index contributed by atoms with van der Waals surface area (Å²) in [5.74, 6) is 1.14. The number of para-hydroxylation sites is 2. The number of hydrogen-bond donors (Lipinski definition) is 1. The van der Waals surface area contributed by atoms with Crippen LogP contribution >= 0.6 is 0 Å². The van der Waals surface area contributed by atoms with Crippen LogP contribution in [0.5, 0.6) is 0 Å². The van der Waals surface area contributed by atoms with Gasteiger partial charge in [-0.25, -0.2) is 4.98 Å². The number of nitrogens with zero attached hydrogens (tertiary/aromatic N) is 2. The fourth-order valence-corrected chi connectivity index (χ4v) is 2.93. The van der Waals surface area contributed by atoms with Gasteiger partial charge in [-0.05, 0) is 37.5 Å². The lowest BCUT2D eigenvalue weighted by Gasteiger charge is -2.08. The number of rotatable bonds is 7. The number of aryl methyl sites for hydroxylation is 3. The smallest absolute Gasteiger partial charge is 0.220 e. The Morgan fingerprint density at radius 1 is 1.08 bits per heavy atom. The summed E-state index contributed by atoms with van der Waals surface area (Å²) in [4.78, 5) is 16.5. The van der Waals surface area contributed by atoms with Crippen molar-refractivity contribution in [2.24, 2.45) is 0 Å². The molecule has 4 heteroatoms. The van der Waals surface area contributed by atoms with Crippen molar-refractivity contribution in [2.75, 3.05) is 6.54 Å². The van der Waals surface area contributed by atoms with Crippen molar-refractivity contribution >= 4 is 16.9 Å². The van der Waals surface area contributed by atoms with E-state index in [9.17, 15) is 4.79 Å². The normalized spacial score (nSPS) is 10.9. The van der Waals surface area contributed by atoms with Gasteiger partial charge in [-0.2, -0.15) is 0 Å². The molecule has 0 fully saturated rings. The van der Waals surface area contributed by atoms with Crippen molar-refractivity contribution in [3.8, 4) is 0 Å². The second-order valence-electron chi connectivity index (χ2n) is 5.99. The molecule has 0 saturated carbocycles. The SMILES string of the molecule is Cc1nc2ccccc2n1CCCNC(=O)CCc1ccccc1. The van der Waals surface area contributed by atoms with Crippen LogP contribution in [0.2, 0.25) is 0 Å². The van der Waals surface area contributed by atoms with Crippen LogP contribution in [0, 0.1) is 6.92 Å². The number of aromatic nitrogens is 2. The fraction of sp³-hybridized carbons (Fsp3) is 0.300. The van der Waals surface area contributed by atoms with Crippen molar-refractivity contribution in [3.05, 3.63) is 66.0 Å². The van der Waals surface area contributed by atoms with Crippen LogP contribution in [0.25, 0.3) is 11.0 Å². The quantitative estimate of drug-likeness (QED) is 0.677. The Balaban J connectivity index is 1.43. The summed E-state index contributed by atoms with van der Waals surface area (Å²) >= 11 is 0. The lowest BCUT2D eigenvalue weighted by Crippen LogP contribution is -2.25. The Hall–Kier alpha value is -2.62. The van der Waals surface area contributed by atoms with Gasteiger partial charge in [0, 0.05) is 19.5 Å². The summed E-state index contributed by atoms with van der Waals surface area (Å²) in [5, 5.41) is 3.01. The van der Waals surface area contributed by atoms with E-state index >= 15 is 0 Å². The molecule has 1 aromatic heterocycles. The Kier molecular flexibility index (Phi) is 5.26. The number of imidazole rings is 1. The van der Waals surface area contributed by atoms with E-state index in [1.54, 1.807) is 0 Å². The molecule has 0 radical (unpaired) electrons. The first-order chi connectivity index (χ1) is 11.7. The van der Waals surface area contributed by atoms with Crippen LogP contribution in [0.3, 0.4) is 0 Å². The van der Waals surface area contributed by atoms with Crippen molar-refractivity contribution in [1.29, 1.82) is 0 Å². The van der Waals surface area contributed by atoms with E-state index in [4.69, 9.17) is 0 Å². The van der Waals surface area contributed by atoms with Crippen molar-refractivity contribution in [3.63, 3.8) is 0 Å². The number of carbonyl (C=O) groups excluding carboxylic acids is 1. The van der Waals surface area contributed by atoms with Gasteiger partial charge in [0.05, 0.1) is 11.0 Å². The van der Waals surface area contributed by atoms with E-state index in [0.29, 0.717) is 13.0 Å². The van der Waals surface area contributed by atoms with Crippen molar-refractivity contribution in [2.45, 2.75) is 32.7 Å². The lowest BCUT2D eigenvalue weighted by molar-refractivity contribution is -0.121. The van der Waals surface area contributed by atoms with Gasteiger partial charge in [-0.3, -0.25) is 4.79 Å². The Morgan fingerprint density at radius 2 is 1.83 bits per heavy atom. The van der Waals surface area contributed by atoms with Gasteiger partial charge in [0.25, 0.3) is 0 Å². The Bertz CT molecular complexity index is 808. The predicted octanol–water partition coefficient (Wildman–Crippen LogP) is 3.48. The van der Waals surface area contributed by atoms with Gasteiger partial charge >= 0.3 is 0 Å². The molecule has 1 N–H and O–H groups in total. The average molecular weight is 321 g/mol. The average Bonchev–Trinajstić information content (AvgIpc) is 2.93. The van der Waals surface area contributed by atoms with E-state index in [0.717, 1.165) is 36.2 Å². The Morgan fingerprint density at radius 3 is 2.67 bits per heavy atom. The molecular formula is C20H23N3O. The van der Waals surface area contributed by atoms with E-state index < -0.39 is 0 Å². The maximum absolute atomic E-state index is 11.9. The number of benzene rings is 2. The zero-order valence-electron chi connectivity index (χ0n) is 14.0. The van der Waals surface area contributed by atoms with Crippen LogP contribution in [0.4, 0.5) is 0 Å². The van der Waals surface area contributed by atoms with Crippen molar-refractivity contribution in [1.82, 2.24) is 14.9 Å². The zero-order chi connectivity index (χ0) is 16.8. The minimum absolute atomic E-state index is 0.117. The molecule has 3 aromatic rings. The van der Waals surface area contributed by atoms with Crippen LogP contribution < -0.4 is 5.32 Å². The van der Waals surface area contributed by atoms with Crippen LogP contribution in [-0.2, 0) is 17.8 Å². The number of fused-ring (bicyclic) bond motifs is 1. The maximum Gasteiger partial charge on any atom is 0.220 e. The minimum Gasteiger partial charge on any atom is -0.356 e. The predicted molar refractivity (Wildman–Crippen MR) is 96.9 cm³/mol. The minimum atomic E-state index is 0.117. The molecule has 3 rings (SSSR count). The van der Waals surface area contributed by atoms with Gasteiger partial charge in [0.15, 0.2) is 0 Å². The zero-order valence-corrected chi connectivity index (χ0v) is 14.0. The Labute approximate surface area is 142 Å². The van der Waals surface area contributed by atoms with E-state index in [2.05, 4.69) is 33.1 Å². The third kappa shape index (κ3) is 4.02. The standard InChI is InChI=1S/C20H23N3O/c1-16-22-18-10-5-6-11-19(18)23(16)15-7-14-21-20(24)13-12-17-8-3-2-4-9-17/h2-6,8-11H,7,12-15H2,1H3,(H,21,24). The molecule has 2 aromatic carbocycles. The van der Waals surface area contributed by atoms with E-state index in [1.165, 1.54) is 5.56 Å². The summed E-state index contributed by atoms with van der Waals surface area (Å²) in [6.07, 6.45) is 2.23. The molecule has 124 valence electrons. The summed E-state index contributed by atoms with van der Waals surface area (Å²) in [6, 6.07) is 18.3. The molecule has 0 saturated heterocycles. The first-order valence-electron chi connectivity index (χ1n) is 8.46. The summed E-state index contributed by atoms with van der Waals surface area (Å²) in [6.45, 7) is 3.59. The number of hydrogen-bond acceptors (Lipinski definition) is 2. The molecular weight excluding hydrogens is 298 g/mol. The van der Waals surface area contributed by atoms with Crippen LogP contribution in [0.1, 0.15) is 24.2 Å². The van der Waals surface area contributed by atoms with Gasteiger partial charge < -0.3 is 9.88 Å². The van der Waals surface area contributed by atoms with E-state index in [1.807, 2.05) is 43.3 Å². The maximum atomic E-state index is 11.9. The third-order valence-electron chi connectivity index (χ3n) is 4.21. The monoisotopic (exact) mass is 321 g/mol. The second-order valence-corrected chi connectivity index (χ2v) is 5.99. The summed E-state index contributed by atoms with van der Waals surface area (Å²) in [5.41, 5.74) is 3.39. The summed E-state index contributed by atoms with van der Waals surface area (Å²) < 4.78 is 2.21. The fourth-order valence-electron chi connectivity index (χ4n) is 2.93. The van der Waals surface area contributed by atoms with Crippen LogP contribution in [0.15, 0.2) is 54.6 Å². The molecule has 0 atom stereocenters. The first-order valence-corrected chi connectivity index (χ1v) is 8.46. The van der Waals surface area contributed by atoms with Gasteiger partial charge in [0.2, 0.25) is 5.91 Å². The largest absolute Gasteiger partial charge is 0.356 e. The third-order valence-corrected chi connectivity index (χ3v) is 4.21. The second kappa shape index (κ2) is 7.77. The number of carbonyl (C=O) groups is 1. The lowest BCUT2D eigenvalue weighted by atomic mass is 10.1. The molecule has 0 bridgehead atoms. The molecule has 4 nitrogen and oxygen atoms in total. The number of nitrogens with one attached hydrogen (secondary N) is 1. The van der Waals surface area contributed by atoms with E-state index in [-0.39, 0.29) is 5.91 Å². The molecule has 24 heavy (non-hydrogen) atoms. The molecule has 0 spiro atoms. The highest BCUT2D eigenvalue weighted by molar-refractivity contribution is 5.76. The summed E-state index contributed by atoms with van der Waals surface area (Å²) in [7, 11) is 0. The first kappa shape index (κ1) is 16.2.